The second kappa shape index (κ2) is 5.30. The number of rotatable bonds is 1. The Bertz CT molecular complexity index is 163. The minimum Gasteiger partial charge on any atom is -0.387 e. The Morgan fingerprint density at radius 2 is 1.50 bits per heavy atom. The van der Waals surface area contributed by atoms with Gasteiger partial charge in [-0.05, 0) is 0 Å². The average Bonchev–Trinajstić information content (AvgIpc) is 1.63. The fraction of sp³-hybridized carbons (Fsp3) is 0.400. The normalized spacial score (nSPS) is 7.40. The minimum absolute atomic E-state index is 0. The summed E-state index contributed by atoms with van der Waals surface area (Å²) in [7, 11) is 0. The predicted molar refractivity (Wildman–Crippen MR) is 27.5 cm³/mol. The van der Waals surface area contributed by atoms with Crippen LogP contribution in [0, 0.1) is 0 Å². The summed E-state index contributed by atoms with van der Waals surface area (Å²) < 4.78 is 3.88. The number of carbonyl (C=O) groups is 3. The quantitative estimate of drug-likeness (QED) is 0.376. The van der Waals surface area contributed by atoms with Crippen LogP contribution in [0.1, 0.15) is 13.8 Å². The molecule has 0 aromatic carbocycles. The topological polar surface area (TPSA) is 60.4 Å². The molecule has 0 heterocycles. The summed E-state index contributed by atoms with van der Waals surface area (Å²) in [5, 5.41) is 0. The van der Waals surface area contributed by atoms with Gasteiger partial charge in [0, 0.05) is 34.9 Å². The van der Waals surface area contributed by atoms with E-state index >= 15 is 0 Å². The number of ether oxygens (including phenoxy) is 1. The Morgan fingerprint density at radius 3 is 1.60 bits per heavy atom. The first kappa shape index (κ1) is 12.2. The first-order valence-corrected chi connectivity index (χ1v) is 2.27. The number of hydrogen-bond acceptors (Lipinski definition) is 4. The Kier molecular flexibility index (Phi) is 6.46. The maximum Gasteiger partial charge on any atom is 0.381 e. The Hall–Kier alpha value is -0.502. The van der Waals surface area contributed by atoms with Crippen LogP contribution in [0.15, 0.2) is 0 Å². The maximum atomic E-state index is 10.2. The van der Waals surface area contributed by atoms with E-state index in [-0.39, 0.29) is 21.1 Å². The molecule has 0 amide bonds. The molecule has 0 aromatic rings. The van der Waals surface area contributed by atoms with Gasteiger partial charge in [0.2, 0.25) is 5.78 Å². The maximum absolute atomic E-state index is 10.2. The van der Waals surface area contributed by atoms with E-state index in [1.807, 2.05) is 0 Å². The molecule has 0 aromatic heterocycles. The molecule has 5 heteroatoms. The van der Waals surface area contributed by atoms with E-state index in [4.69, 9.17) is 0 Å². The van der Waals surface area contributed by atoms with Gasteiger partial charge in [-0.1, -0.05) is 0 Å². The van der Waals surface area contributed by atoms with Crippen molar-refractivity contribution in [1.82, 2.24) is 0 Å². The molecule has 0 fully saturated rings. The van der Waals surface area contributed by atoms with Crippen LogP contribution in [0.2, 0.25) is 0 Å². The van der Waals surface area contributed by atoms with E-state index in [1.165, 1.54) is 0 Å². The van der Waals surface area contributed by atoms with Crippen LogP contribution in [0.25, 0.3) is 0 Å². The summed E-state index contributed by atoms with van der Waals surface area (Å²) in [6.07, 6.45) is 0. The van der Waals surface area contributed by atoms with Gasteiger partial charge in [-0.2, -0.15) is 0 Å². The molecule has 0 rings (SSSR count). The van der Waals surface area contributed by atoms with Crippen LogP contribution in [0.5, 0.6) is 0 Å². The molecule has 4 nitrogen and oxygen atoms in total. The summed E-state index contributed by atoms with van der Waals surface area (Å²) in [5.74, 6) is -2.65. The molecule has 0 saturated heterocycles. The molecule has 0 aliphatic heterocycles. The van der Waals surface area contributed by atoms with E-state index < -0.39 is 17.7 Å². The third kappa shape index (κ3) is 5.63. The molecule has 0 aliphatic carbocycles. The van der Waals surface area contributed by atoms with Crippen LogP contribution in [0.4, 0.5) is 0 Å². The first-order valence-electron chi connectivity index (χ1n) is 2.27. The fourth-order valence-electron chi connectivity index (χ4n) is 0.202. The van der Waals surface area contributed by atoms with Crippen LogP contribution in [-0.2, 0) is 40.2 Å². The van der Waals surface area contributed by atoms with Crippen molar-refractivity contribution in [2.24, 2.45) is 0 Å². The van der Waals surface area contributed by atoms with Gasteiger partial charge >= 0.3 is 11.9 Å². The van der Waals surface area contributed by atoms with Gasteiger partial charge in [0.15, 0.2) is 0 Å². The van der Waals surface area contributed by atoms with Crippen molar-refractivity contribution in [2.45, 2.75) is 13.8 Å². The van der Waals surface area contributed by atoms with Crippen molar-refractivity contribution in [1.29, 1.82) is 0 Å². The molecule has 0 radical (unpaired) electrons. The second-order valence-corrected chi connectivity index (χ2v) is 1.44. The zero-order valence-electron chi connectivity index (χ0n) is 5.45. The monoisotopic (exact) mass is 325 g/mol. The molecule has 60 valence electrons. The summed E-state index contributed by atoms with van der Waals surface area (Å²) in [4.78, 5) is 30.2. The average molecular weight is 325 g/mol. The molecule has 10 heavy (non-hydrogen) atoms. The third-order valence-electron chi connectivity index (χ3n) is 0.524. The Balaban J connectivity index is 0. The summed E-state index contributed by atoms with van der Waals surface area (Å²) in [5.41, 5.74) is 0. The Morgan fingerprint density at radius 1 is 1.10 bits per heavy atom. The molecule has 0 saturated carbocycles. The number of hydrogen-bond donors (Lipinski definition) is 0. The molecular formula is C5H6O4Pt. The molecule has 0 N–H and O–H groups in total. The van der Waals surface area contributed by atoms with E-state index in [2.05, 4.69) is 4.74 Å². The second-order valence-electron chi connectivity index (χ2n) is 1.44. The Labute approximate surface area is 72.2 Å². The number of esters is 2. The number of ketones is 1. The fourth-order valence-corrected chi connectivity index (χ4v) is 0.202. The van der Waals surface area contributed by atoms with Crippen molar-refractivity contribution in [2.75, 3.05) is 0 Å². The zero-order chi connectivity index (χ0) is 7.44. The summed E-state index contributed by atoms with van der Waals surface area (Å²) >= 11 is 0. The summed E-state index contributed by atoms with van der Waals surface area (Å²) in [6, 6.07) is 0. The first-order chi connectivity index (χ1) is 4.04. The van der Waals surface area contributed by atoms with Crippen molar-refractivity contribution < 1.29 is 40.2 Å². The number of Topliss-reactive ketones (excluding diaryl/α,β-unsaturated/α-hetero) is 1. The van der Waals surface area contributed by atoms with Crippen LogP contribution >= 0.6 is 0 Å². The van der Waals surface area contributed by atoms with Crippen molar-refractivity contribution in [3.8, 4) is 0 Å². The largest absolute Gasteiger partial charge is 0.387 e. The SMILES string of the molecule is CC(=O)OC(=O)C(C)=O.[Pt]. The van der Waals surface area contributed by atoms with E-state index in [1.54, 1.807) is 0 Å². The van der Waals surface area contributed by atoms with E-state index in [9.17, 15) is 14.4 Å². The predicted octanol–water partition coefficient (Wildman–Crippen LogP) is -0.337. The van der Waals surface area contributed by atoms with Gasteiger partial charge < -0.3 is 4.74 Å². The van der Waals surface area contributed by atoms with Crippen molar-refractivity contribution >= 4 is 17.7 Å². The van der Waals surface area contributed by atoms with E-state index in [0.29, 0.717) is 0 Å². The molecule has 0 unspecified atom stereocenters. The molecule has 0 bridgehead atoms. The van der Waals surface area contributed by atoms with Crippen LogP contribution in [0.3, 0.4) is 0 Å². The zero-order valence-corrected chi connectivity index (χ0v) is 7.72. The molecule has 0 atom stereocenters. The van der Waals surface area contributed by atoms with Gasteiger partial charge in [-0.3, -0.25) is 9.59 Å². The minimum atomic E-state index is -1.11. The van der Waals surface area contributed by atoms with Crippen molar-refractivity contribution in [3.05, 3.63) is 0 Å². The van der Waals surface area contributed by atoms with Gasteiger partial charge in [0.1, 0.15) is 0 Å². The van der Waals surface area contributed by atoms with Crippen molar-refractivity contribution in [3.63, 3.8) is 0 Å². The van der Waals surface area contributed by atoms with Gasteiger partial charge in [-0.15, -0.1) is 0 Å². The van der Waals surface area contributed by atoms with Crippen LogP contribution < -0.4 is 0 Å². The molecule has 0 aliphatic rings. The van der Waals surface area contributed by atoms with Gasteiger partial charge in [0.05, 0.1) is 0 Å². The third-order valence-corrected chi connectivity index (χ3v) is 0.524. The van der Waals surface area contributed by atoms with Gasteiger partial charge in [-0.25, -0.2) is 4.79 Å². The standard InChI is InChI=1S/C5H6O4.Pt/c1-3(6)5(8)9-4(2)7;/h1-2H3;. The summed E-state index contributed by atoms with van der Waals surface area (Å²) in [6.45, 7) is 2.09. The molecular weight excluding hydrogens is 319 g/mol. The molecule has 0 spiro atoms. The van der Waals surface area contributed by atoms with Gasteiger partial charge in [0.25, 0.3) is 0 Å². The smallest absolute Gasteiger partial charge is 0.381 e. The van der Waals surface area contributed by atoms with E-state index in [0.717, 1.165) is 13.8 Å². The van der Waals surface area contributed by atoms with Crippen LogP contribution in [-0.4, -0.2) is 17.7 Å². The number of carbonyl (C=O) groups excluding carboxylic acids is 3.